The molecule has 5 heteroatoms. The third-order valence-electron chi connectivity index (χ3n) is 3.90. The maximum absolute atomic E-state index is 12.2. The summed E-state index contributed by atoms with van der Waals surface area (Å²) >= 11 is 0. The van der Waals surface area contributed by atoms with E-state index in [9.17, 15) is 4.79 Å². The molecule has 1 aliphatic carbocycles. The van der Waals surface area contributed by atoms with Crippen molar-refractivity contribution >= 4 is 5.97 Å². The van der Waals surface area contributed by atoms with E-state index in [-0.39, 0.29) is 5.69 Å². The van der Waals surface area contributed by atoms with Crippen LogP contribution in [0.2, 0.25) is 0 Å². The summed E-state index contributed by atoms with van der Waals surface area (Å²) in [6.07, 6.45) is 2.85. The number of aromatic nitrogens is 2. The van der Waals surface area contributed by atoms with Gasteiger partial charge in [0.1, 0.15) is 0 Å². The Morgan fingerprint density at radius 3 is 2.73 bits per heavy atom. The monoisotopic (exact) mass is 300 g/mol. The zero-order chi connectivity index (χ0) is 15.5. The molecular weight excluding hydrogens is 280 g/mol. The zero-order valence-corrected chi connectivity index (χ0v) is 12.9. The molecule has 116 valence electrons. The minimum atomic E-state index is -0.419. The fourth-order valence-corrected chi connectivity index (χ4v) is 2.36. The van der Waals surface area contributed by atoms with E-state index in [1.54, 1.807) is 10.9 Å². The lowest BCUT2D eigenvalue weighted by molar-refractivity contribution is 0.0469. The molecule has 1 heterocycles. The lowest BCUT2D eigenvalue weighted by atomic mass is 10.3. The molecule has 22 heavy (non-hydrogen) atoms. The van der Waals surface area contributed by atoms with Crippen molar-refractivity contribution < 1.29 is 14.3 Å². The molecule has 0 bridgehead atoms. The number of para-hydroxylation sites is 1. The van der Waals surface area contributed by atoms with Crippen molar-refractivity contribution in [1.29, 1.82) is 0 Å². The van der Waals surface area contributed by atoms with E-state index in [2.05, 4.69) is 12.0 Å². The summed E-state index contributed by atoms with van der Waals surface area (Å²) in [7, 11) is 0. The van der Waals surface area contributed by atoms with E-state index in [1.165, 1.54) is 0 Å². The van der Waals surface area contributed by atoms with E-state index >= 15 is 0 Å². The molecule has 0 saturated heterocycles. The average molecular weight is 300 g/mol. The first kappa shape index (κ1) is 14.6. The number of hydrogen-bond acceptors (Lipinski definition) is 4. The molecular formula is C17H20N2O3. The van der Waals surface area contributed by atoms with E-state index in [1.807, 2.05) is 37.3 Å². The molecule has 3 rings (SSSR count). The Morgan fingerprint density at radius 1 is 1.36 bits per heavy atom. The minimum Gasteiger partial charge on any atom is -0.490 e. The van der Waals surface area contributed by atoms with Crippen LogP contribution in [-0.4, -0.2) is 29.0 Å². The third kappa shape index (κ3) is 3.13. The maximum Gasteiger partial charge on any atom is 0.362 e. The van der Waals surface area contributed by atoms with Gasteiger partial charge in [0.15, 0.2) is 5.75 Å². The van der Waals surface area contributed by atoms with Gasteiger partial charge in [0.25, 0.3) is 0 Å². The van der Waals surface area contributed by atoms with Gasteiger partial charge in [0, 0.05) is 0 Å². The normalized spacial score (nSPS) is 19.7. The highest BCUT2D eigenvalue weighted by atomic mass is 16.5. The predicted molar refractivity (Wildman–Crippen MR) is 82.3 cm³/mol. The first-order chi connectivity index (χ1) is 10.7. The van der Waals surface area contributed by atoms with Crippen LogP contribution in [0.15, 0.2) is 36.5 Å². The van der Waals surface area contributed by atoms with Gasteiger partial charge in [-0.1, -0.05) is 25.1 Å². The second kappa shape index (κ2) is 6.22. The summed E-state index contributed by atoms with van der Waals surface area (Å²) < 4.78 is 12.5. The number of benzene rings is 1. The zero-order valence-electron chi connectivity index (χ0n) is 12.9. The van der Waals surface area contributed by atoms with Crippen molar-refractivity contribution in [1.82, 2.24) is 9.78 Å². The molecule has 0 radical (unpaired) electrons. The number of carbonyl (C=O) groups excluding carboxylic acids is 1. The summed E-state index contributed by atoms with van der Waals surface area (Å²) in [5.41, 5.74) is 1.11. The molecule has 1 aliphatic rings. The van der Waals surface area contributed by atoms with Crippen molar-refractivity contribution in [3.05, 3.63) is 42.2 Å². The van der Waals surface area contributed by atoms with Crippen molar-refractivity contribution in [2.24, 2.45) is 11.8 Å². The van der Waals surface area contributed by atoms with E-state index < -0.39 is 5.97 Å². The van der Waals surface area contributed by atoms with E-state index in [0.717, 1.165) is 12.1 Å². The summed E-state index contributed by atoms with van der Waals surface area (Å²) in [4.78, 5) is 12.2. The van der Waals surface area contributed by atoms with Crippen LogP contribution in [-0.2, 0) is 4.74 Å². The highest BCUT2D eigenvalue weighted by molar-refractivity contribution is 5.90. The van der Waals surface area contributed by atoms with Crippen LogP contribution in [0.1, 0.15) is 30.8 Å². The highest BCUT2D eigenvalue weighted by Gasteiger charge is 2.34. The molecule has 1 aromatic carbocycles. The van der Waals surface area contributed by atoms with Crippen LogP contribution >= 0.6 is 0 Å². The number of ether oxygens (including phenoxy) is 2. The summed E-state index contributed by atoms with van der Waals surface area (Å²) in [5, 5.41) is 4.33. The lowest BCUT2D eigenvalue weighted by Gasteiger charge is -2.04. The minimum absolute atomic E-state index is 0.235. The average Bonchev–Trinajstić information content (AvgIpc) is 3.08. The maximum atomic E-state index is 12.2. The lowest BCUT2D eigenvalue weighted by Crippen LogP contribution is -2.11. The van der Waals surface area contributed by atoms with Crippen LogP contribution < -0.4 is 4.74 Å². The van der Waals surface area contributed by atoms with Crippen molar-refractivity contribution in [3.63, 3.8) is 0 Å². The summed E-state index contributed by atoms with van der Waals surface area (Å²) in [6.45, 7) is 4.97. The van der Waals surface area contributed by atoms with Crippen LogP contribution in [0.4, 0.5) is 0 Å². The highest BCUT2D eigenvalue weighted by Crippen LogP contribution is 2.37. The molecule has 0 aliphatic heterocycles. The molecule has 2 unspecified atom stereocenters. The van der Waals surface area contributed by atoms with Crippen molar-refractivity contribution in [2.45, 2.75) is 20.3 Å². The Balaban J connectivity index is 1.79. The Morgan fingerprint density at radius 2 is 2.09 bits per heavy atom. The van der Waals surface area contributed by atoms with Crippen LogP contribution in [0.3, 0.4) is 0 Å². The molecule has 0 N–H and O–H groups in total. The summed E-state index contributed by atoms with van der Waals surface area (Å²) in [5.74, 6) is 1.19. The van der Waals surface area contributed by atoms with Gasteiger partial charge < -0.3 is 9.47 Å². The van der Waals surface area contributed by atoms with Crippen LogP contribution in [0.25, 0.3) is 5.69 Å². The summed E-state index contributed by atoms with van der Waals surface area (Å²) in [6, 6.07) is 9.61. The topological polar surface area (TPSA) is 53.4 Å². The van der Waals surface area contributed by atoms with Crippen LogP contribution in [0.5, 0.6) is 5.75 Å². The second-order valence-electron chi connectivity index (χ2n) is 5.63. The van der Waals surface area contributed by atoms with Gasteiger partial charge >= 0.3 is 5.97 Å². The number of esters is 1. The number of hydrogen-bond donors (Lipinski definition) is 0. The van der Waals surface area contributed by atoms with Gasteiger partial charge in [-0.25, -0.2) is 9.48 Å². The van der Waals surface area contributed by atoms with Gasteiger partial charge in [-0.3, -0.25) is 0 Å². The van der Waals surface area contributed by atoms with Gasteiger partial charge in [0.2, 0.25) is 5.69 Å². The Labute approximate surface area is 129 Å². The predicted octanol–water partition coefficient (Wildman–Crippen LogP) is 3.08. The van der Waals surface area contributed by atoms with Crippen molar-refractivity contribution in [3.8, 4) is 11.4 Å². The molecule has 2 aromatic rings. The second-order valence-corrected chi connectivity index (χ2v) is 5.63. The van der Waals surface area contributed by atoms with Gasteiger partial charge in [-0.15, -0.1) is 0 Å². The number of carbonyl (C=O) groups is 1. The first-order valence-electron chi connectivity index (χ1n) is 7.64. The standard InChI is InChI=1S/C17H20N2O3/c1-3-21-15-10-19(14-7-5-4-6-8-14)18-16(15)17(20)22-11-13-9-12(13)2/h4-8,10,12-13H,3,9,11H2,1-2H3. The fraction of sp³-hybridized carbons (Fsp3) is 0.412. The van der Waals surface area contributed by atoms with Gasteiger partial charge in [-0.2, -0.15) is 5.10 Å². The van der Waals surface area contributed by atoms with Crippen molar-refractivity contribution in [2.75, 3.05) is 13.2 Å². The molecule has 1 saturated carbocycles. The van der Waals surface area contributed by atoms with E-state index in [0.29, 0.717) is 30.8 Å². The Bertz CT molecular complexity index is 651. The molecule has 0 amide bonds. The molecule has 0 spiro atoms. The molecule has 5 nitrogen and oxygen atoms in total. The smallest absolute Gasteiger partial charge is 0.362 e. The molecule has 1 fully saturated rings. The van der Waals surface area contributed by atoms with Crippen LogP contribution in [0, 0.1) is 11.8 Å². The fourth-order valence-electron chi connectivity index (χ4n) is 2.36. The van der Waals surface area contributed by atoms with Gasteiger partial charge in [-0.05, 0) is 37.3 Å². The SMILES string of the molecule is CCOc1cn(-c2ccccc2)nc1C(=O)OCC1CC1C. The third-order valence-corrected chi connectivity index (χ3v) is 3.90. The Hall–Kier alpha value is -2.30. The largest absolute Gasteiger partial charge is 0.490 e. The first-order valence-corrected chi connectivity index (χ1v) is 7.64. The number of nitrogens with zero attached hydrogens (tertiary/aromatic N) is 2. The Kier molecular flexibility index (Phi) is 4.13. The molecule has 2 atom stereocenters. The van der Waals surface area contributed by atoms with E-state index in [4.69, 9.17) is 9.47 Å². The van der Waals surface area contributed by atoms with Gasteiger partial charge in [0.05, 0.1) is 25.1 Å². The molecule has 1 aromatic heterocycles. The quantitative estimate of drug-likeness (QED) is 0.769. The number of rotatable bonds is 6.